The molecule has 2 aromatic heterocycles. The van der Waals surface area contributed by atoms with Crippen molar-refractivity contribution in [3.63, 3.8) is 0 Å². The summed E-state index contributed by atoms with van der Waals surface area (Å²) >= 11 is 12.3. The van der Waals surface area contributed by atoms with E-state index in [1.165, 1.54) is 12.1 Å². The number of nitrogens with one attached hydrogen (secondary N) is 1. The van der Waals surface area contributed by atoms with Gasteiger partial charge in [0.15, 0.2) is 5.65 Å². The fourth-order valence-electron chi connectivity index (χ4n) is 2.70. The zero-order valence-electron chi connectivity index (χ0n) is 11.5. The maximum absolute atomic E-state index is 6.23. The Morgan fingerprint density at radius 1 is 1.30 bits per heavy atom. The van der Waals surface area contributed by atoms with Crippen molar-refractivity contribution in [1.29, 1.82) is 0 Å². The third-order valence-electron chi connectivity index (χ3n) is 3.75. The fraction of sp³-hybridized carbons (Fsp3) is 0.500. The maximum atomic E-state index is 6.23. The first-order chi connectivity index (χ1) is 9.65. The lowest BCUT2D eigenvalue weighted by molar-refractivity contribution is 0.279. The highest BCUT2D eigenvalue weighted by atomic mass is 35.5. The average molecular weight is 313 g/mol. The van der Waals surface area contributed by atoms with Crippen molar-refractivity contribution in [3.8, 4) is 0 Å². The van der Waals surface area contributed by atoms with Crippen LogP contribution in [0.3, 0.4) is 0 Å². The summed E-state index contributed by atoms with van der Waals surface area (Å²) in [6.45, 7) is 7.21. The molecule has 0 bridgehead atoms. The van der Waals surface area contributed by atoms with Crippen LogP contribution in [0.1, 0.15) is 17.8 Å². The van der Waals surface area contributed by atoms with Gasteiger partial charge in [0.2, 0.25) is 0 Å². The number of hydrogen-bond donors (Lipinski definition) is 1. The van der Waals surface area contributed by atoms with Crippen molar-refractivity contribution in [2.75, 3.05) is 26.2 Å². The normalized spacial score (nSPS) is 17.6. The van der Waals surface area contributed by atoms with E-state index in [2.05, 4.69) is 15.2 Å². The van der Waals surface area contributed by atoms with Gasteiger partial charge >= 0.3 is 0 Å². The van der Waals surface area contributed by atoms with E-state index in [9.17, 15) is 0 Å². The number of imidazole rings is 1. The van der Waals surface area contributed by atoms with Crippen molar-refractivity contribution in [3.05, 3.63) is 33.7 Å². The monoisotopic (exact) mass is 312 g/mol. The summed E-state index contributed by atoms with van der Waals surface area (Å²) in [5.74, 6) is 0. The van der Waals surface area contributed by atoms with Gasteiger partial charge in [-0.05, 0) is 32.5 Å². The zero-order valence-corrected chi connectivity index (χ0v) is 13.0. The van der Waals surface area contributed by atoms with Gasteiger partial charge in [-0.25, -0.2) is 4.98 Å². The fourth-order valence-corrected chi connectivity index (χ4v) is 3.21. The SMILES string of the molecule is Cc1nc2c(Cl)cc(Cl)cn2c1CN1CCCNCC1. The third-order valence-corrected chi connectivity index (χ3v) is 4.23. The summed E-state index contributed by atoms with van der Waals surface area (Å²) in [6.07, 6.45) is 3.07. The molecule has 0 aliphatic carbocycles. The standard InChI is InChI=1S/C14H18Cl2N4/c1-10-13(9-19-5-2-3-17-4-6-19)20-8-11(15)7-12(16)14(20)18-10/h7-8,17H,2-6,9H2,1H3. The summed E-state index contributed by atoms with van der Waals surface area (Å²) < 4.78 is 2.03. The van der Waals surface area contributed by atoms with E-state index in [0.717, 1.165) is 44.1 Å². The van der Waals surface area contributed by atoms with Crippen LogP contribution in [0.25, 0.3) is 5.65 Å². The summed E-state index contributed by atoms with van der Waals surface area (Å²) in [5.41, 5.74) is 2.98. The second-order valence-electron chi connectivity index (χ2n) is 5.22. The van der Waals surface area contributed by atoms with Crippen molar-refractivity contribution in [2.24, 2.45) is 0 Å². The predicted molar refractivity (Wildman–Crippen MR) is 82.7 cm³/mol. The molecule has 0 spiro atoms. The van der Waals surface area contributed by atoms with E-state index in [1.54, 1.807) is 6.07 Å². The van der Waals surface area contributed by atoms with E-state index >= 15 is 0 Å². The molecular formula is C14H18Cl2N4. The molecule has 1 N–H and O–H groups in total. The first-order valence-corrected chi connectivity index (χ1v) is 7.66. The second-order valence-corrected chi connectivity index (χ2v) is 6.07. The van der Waals surface area contributed by atoms with Crippen molar-refractivity contribution in [1.82, 2.24) is 19.6 Å². The Hall–Kier alpha value is -0.810. The zero-order chi connectivity index (χ0) is 14.1. The van der Waals surface area contributed by atoms with Gasteiger partial charge < -0.3 is 5.32 Å². The number of pyridine rings is 1. The number of aromatic nitrogens is 2. The maximum Gasteiger partial charge on any atom is 0.156 e. The van der Waals surface area contributed by atoms with Crippen LogP contribution >= 0.6 is 23.2 Å². The molecule has 4 nitrogen and oxygen atoms in total. The first kappa shape index (κ1) is 14.1. The van der Waals surface area contributed by atoms with E-state index in [1.807, 2.05) is 17.5 Å². The molecule has 0 aromatic carbocycles. The number of halogens is 2. The molecular weight excluding hydrogens is 295 g/mol. The molecule has 3 rings (SSSR count). The van der Waals surface area contributed by atoms with Crippen LogP contribution in [-0.2, 0) is 6.54 Å². The van der Waals surface area contributed by atoms with Crippen LogP contribution in [-0.4, -0.2) is 40.5 Å². The van der Waals surface area contributed by atoms with E-state index in [0.29, 0.717) is 10.0 Å². The number of hydrogen-bond acceptors (Lipinski definition) is 3. The summed E-state index contributed by atoms with van der Waals surface area (Å²) in [5, 5.41) is 4.66. The number of rotatable bonds is 2. The second kappa shape index (κ2) is 5.90. The molecule has 1 saturated heterocycles. The van der Waals surface area contributed by atoms with Crippen LogP contribution in [0.15, 0.2) is 12.3 Å². The van der Waals surface area contributed by atoms with Crippen LogP contribution in [0.4, 0.5) is 0 Å². The Kier molecular flexibility index (Phi) is 4.17. The molecule has 1 aliphatic rings. The molecule has 20 heavy (non-hydrogen) atoms. The van der Waals surface area contributed by atoms with Crippen molar-refractivity contribution in [2.45, 2.75) is 19.9 Å². The van der Waals surface area contributed by atoms with Crippen LogP contribution in [0.5, 0.6) is 0 Å². The van der Waals surface area contributed by atoms with Gasteiger partial charge in [-0.1, -0.05) is 23.2 Å². The largest absolute Gasteiger partial charge is 0.315 e. The van der Waals surface area contributed by atoms with Crippen LogP contribution in [0, 0.1) is 6.92 Å². The summed E-state index contributed by atoms with van der Waals surface area (Å²) in [6, 6.07) is 1.74. The number of nitrogens with zero attached hydrogens (tertiary/aromatic N) is 3. The predicted octanol–water partition coefficient (Wildman–Crippen LogP) is 2.74. The molecule has 1 aliphatic heterocycles. The minimum Gasteiger partial charge on any atom is -0.315 e. The van der Waals surface area contributed by atoms with E-state index in [-0.39, 0.29) is 0 Å². The molecule has 0 unspecified atom stereocenters. The van der Waals surface area contributed by atoms with Gasteiger partial charge in [0.25, 0.3) is 0 Å². The molecule has 3 heterocycles. The Balaban J connectivity index is 1.95. The highest BCUT2D eigenvalue weighted by molar-refractivity contribution is 6.36. The lowest BCUT2D eigenvalue weighted by atomic mass is 10.3. The Bertz CT molecular complexity index is 615. The lowest BCUT2D eigenvalue weighted by Gasteiger charge is -2.19. The Labute approximate surface area is 128 Å². The Morgan fingerprint density at radius 3 is 3.00 bits per heavy atom. The molecule has 1 fully saturated rings. The van der Waals surface area contributed by atoms with Crippen molar-refractivity contribution < 1.29 is 0 Å². The molecule has 2 aromatic rings. The van der Waals surface area contributed by atoms with Crippen LogP contribution in [0.2, 0.25) is 10.0 Å². The molecule has 0 saturated carbocycles. The van der Waals surface area contributed by atoms with Gasteiger partial charge in [-0.2, -0.15) is 0 Å². The van der Waals surface area contributed by atoms with Crippen molar-refractivity contribution >= 4 is 28.8 Å². The summed E-state index contributed by atoms with van der Waals surface area (Å²) in [4.78, 5) is 7.02. The van der Waals surface area contributed by atoms with Gasteiger partial charge in [-0.3, -0.25) is 9.30 Å². The average Bonchev–Trinajstić information content (AvgIpc) is 2.61. The number of fused-ring (bicyclic) bond motifs is 1. The third kappa shape index (κ3) is 2.79. The highest BCUT2D eigenvalue weighted by Gasteiger charge is 2.16. The molecule has 0 atom stereocenters. The molecule has 108 valence electrons. The molecule has 0 radical (unpaired) electrons. The summed E-state index contributed by atoms with van der Waals surface area (Å²) in [7, 11) is 0. The van der Waals surface area contributed by atoms with E-state index in [4.69, 9.17) is 23.2 Å². The van der Waals surface area contributed by atoms with Gasteiger partial charge in [0, 0.05) is 25.8 Å². The van der Waals surface area contributed by atoms with E-state index < -0.39 is 0 Å². The Morgan fingerprint density at radius 2 is 2.15 bits per heavy atom. The van der Waals surface area contributed by atoms with Crippen LogP contribution < -0.4 is 5.32 Å². The molecule has 6 heteroatoms. The highest BCUT2D eigenvalue weighted by Crippen LogP contribution is 2.25. The topological polar surface area (TPSA) is 32.6 Å². The van der Waals surface area contributed by atoms with Gasteiger partial charge in [0.05, 0.1) is 21.4 Å². The minimum absolute atomic E-state index is 0.601. The lowest BCUT2D eigenvalue weighted by Crippen LogP contribution is -2.28. The quantitative estimate of drug-likeness (QED) is 0.925. The molecule has 0 amide bonds. The van der Waals surface area contributed by atoms with Gasteiger partial charge in [0.1, 0.15) is 0 Å². The minimum atomic E-state index is 0.601. The smallest absolute Gasteiger partial charge is 0.156 e. The van der Waals surface area contributed by atoms with Gasteiger partial charge in [-0.15, -0.1) is 0 Å². The number of aryl methyl sites for hydroxylation is 1. The first-order valence-electron chi connectivity index (χ1n) is 6.91.